The molecular weight excluding hydrogens is 290 g/mol. The van der Waals surface area contributed by atoms with Crippen LogP contribution in [-0.2, 0) is 0 Å². The fourth-order valence-electron chi connectivity index (χ4n) is 2.72. The third kappa shape index (κ3) is 2.94. The van der Waals surface area contributed by atoms with Crippen LogP contribution in [0.15, 0.2) is 28.7 Å². The summed E-state index contributed by atoms with van der Waals surface area (Å²) in [5.41, 5.74) is 1.36. The summed E-state index contributed by atoms with van der Waals surface area (Å²) in [4.78, 5) is 4.77. The van der Waals surface area contributed by atoms with Crippen LogP contribution in [0, 0.1) is 0 Å². The molecule has 2 atom stereocenters. The van der Waals surface area contributed by atoms with Crippen molar-refractivity contribution in [3.05, 3.63) is 34.3 Å². The van der Waals surface area contributed by atoms with E-state index in [0.717, 1.165) is 19.6 Å². The first kappa shape index (κ1) is 14.0. The van der Waals surface area contributed by atoms with E-state index in [-0.39, 0.29) is 0 Å². The number of likely N-dealkylation sites (N-methyl/N-ethyl adjacent to an activating group) is 2. The minimum absolute atomic E-state index is 0.401. The van der Waals surface area contributed by atoms with E-state index in [1.165, 1.54) is 10.0 Å². The summed E-state index contributed by atoms with van der Waals surface area (Å²) >= 11 is 3.69. The second-order valence-electron chi connectivity index (χ2n) is 5.18. The molecule has 0 bridgehead atoms. The van der Waals surface area contributed by atoms with Crippen molar-refractivity contribution in [2.75, 3.05) is 40.8 Å². The lowest BCUT2D eigenvalue weighted by Gasteiger charge is -2.41. The maximum absolute atomic E-state index is 3.69. The van der Waals surface area contributed by atoms with E-state index >= 15 is 0 Å². The Balaban J connectivity index is 2.31. The molecule has 100 valence electrons. The predicted molar refractivity (Wildman–Crippen MR) is 79.9 cm³/mol. The molecule has 0 spiro atoms. The molecule has 2 rings (SSSR count). The van der Waals surface area contributed by atoms with Crippen LogP contribution in [-0.4, -0.2) is 56.6 Å². The first-order valence-corrected chi connectivity index (χ1v) is 7.22. The van der Waals surface area contributed by atoms with E-state index in [1.54, 1.807) is 0 Å². The van der Waals surface area contributed by atoms with Gasteiger partial charge in [-0.3, -0.25) is 4.90 Å². The molecule has 1 heterocycles. The van der Waals surface area contributed by atoms with Crippen LogP contribution in [0.25, 0.3) is 0 Å². The Bertz CT molecular complexity index is 394. The molecule has 1 saturated heterocycles. The van der Waals surface area contributed by atoms with Gasteiger partial charge < -0.3 is 10.2 Å². The summed E-state index contributed by atoms with van der Waals surface area (Å²) in [5, 5.41) is 3.51. The topological polar surface area (TPSA) is 18.5 Å². The molecule has 0 aliphatic carbocycles. The summed E-state index contributed by atoms with van der Waals surface area (Å²) in [7, 11) is 6.54. The number of piperazine rings is 1. The van der Waals surface area contributed by atoms with Gasteiger partial charge >= 0.3 is 0 Å². The van der Waals surface area contributed by atoms with Crippen LogP contribution in [0.3, 0.4) is 0 Å². The normalized spacial score (nSPS) is 23.3. The lowest BCUT2D eigenvalue weighted by Crippen LogP contribution is -2.54. The minimum atomic E-state index is 0.401. The molecule has 0 saturated carbocycles. The monoisotopic (exact) mass is 311 g/mol. The van der Waals surface area contributed by atoms with Crippen LogP contribution in [0.4, 0.5) is 0 Å². The van der Waals surface area contributed by atoms with Crippen molar-refractivity contribution in [1.29, 1.82) is 0 Å². The molecule has 0 radical (unpaired) electrons. The van der Waals surface area contributed by atoms with Gasteiger partial charge in [0.2, 0.25) is 0 Å². The third-order valence-electron chi connectivity index (χ3n) is 3.71. The molecule has 1 aliphatic heterocycles. The number of benzene rings is 1. The number of nitrogens with zero attached hydrogens (tertiary/aromatic N) is 2. The van der Waals surface area contributed by atoms with Crippen molar-refractivity contribution < 1.29 is 0 Å². The number of nitrogens with one attached hydrogen (secondary N) is 1. The molecule has 1 aromatic carbocycles. The Morgan fingerprint density at radius 2 is 2.11 bits per heavy atom. The lowest BCUT2D eigenvalue weighted by molar-refractivity contribution is 0.107. The summed E-state index contributed by atoms with van der Waals surface area (Å²) in [6.45, 7) is 3.24. The van der Waals surface area contributed by atoms with Gasteiger partial charge in [-0.25, -0.2) is 0 Å². The van der Waals surface area contributed by atoms with Crippen LogP contribution in [0.5, 0.6) is 0 Å². The maximum atomic E-state index is 3.69. The van der Waals surface area contributed by atoms with Crippen LogP contribution >= 0.6 is 15.9 Å². The quantitative estimate of drug-likeness (QED) is 0.920. The van der Waals surface area contributed by atoms with Crippen molar-refractivity contribution >= 4 is 15.9 Å². The summed E-state index contributed by atoms with van der Waals surface area (Å²) in [6, 6.07) is 9.45. The molecule has 0 amide bonds. The number of hydrogen-bond donors (Lipinski definition) is 1. The van der Waals surface area contributed by atoms with Gasteiger partial charge in [0.1, 0.15) is 0 Å². The Labute approximate surface area is 118 Å². The van der Waals surface area contributed by atoms with Gasteiger partial charge in [0.15, 0.2) is 0 Å². The Morgan fingerprint density at radius 1 is 1.39 bits per heavy atom. The highest BCUT2D eigenvalue weighted by Gasteiger charge is 2.31. The maximum Gasteiger partial charge on any atom is 0.0521 e. The van der Waals surface area contributed by atoms with E-state index < -0.39 is 0 Å². The van der Waals surface area contributed by atoms with Gasteiger partial charge in [0, 0.05) is 30.1 Å². The van der Waals surface area contributed by atoms with Gasteiger partial charge in [0.05, 0.1) is 6.04 Å². The summed E-state index contributed by atoms with van der Waals surface area (Å²) in [6.07, 6.45) is 0. The van der Waals surface area contributed by atoms with Gasteiger partial charge in [-0.2, -0.15) is 0 Å². The Morgan fingerprint density at radius 3 is 2.72 bits per heavy atom. The second-order valence-corrected chi connectivity index (χ2v) is 6.04. The molecule has 1 aromatic rings. The van der Waals surface area contributed by atoms with Crippen molar-refractivity contribution in [2.24, 2.45) is 0 Å². The van der Waals surface area contributed by atoms with E-state index in [4.69, 9.17) is 0 Å². The summed E-state index contributed by atoms with van der Waals surface area (Å²) < 4.78 is 1.20. The van der Waals surface area contributed by atoms with Gasteiger partial charge in [-0.1, -0.05) is 34.1 Å². The van der Waals surface area contributed by atoms with Gasteiger partial charge in [0.25, 0.3) is 0 Å². The first-order chi connectivity index (χ1) is 8.61. The molecule has 1 fully saturated rings. The number of hydrogen-bond acceptors (Lipinski definition) is 3. The average Bonchev–Trinajstić information content (AvgIpc) is 2.34. The number of rotatable bonds is 3. The average molecular weight is 312 g/mol. The van der Waals surface area contributed by atoms with E-state index in [0.29, 0.717) is 12.1 Å². The highest BCUT2D eigenvalue weighted by Crippen LogP contribution is 2.31. The first-order valence-electron chi connectivity index (χ1n) is 6.43. The molecular formula is C14H22BrN3. The molecule has 1 N–H and O–H groups in total. The highest BCUT2D eigenvalue weighted by molar-refractivity contribution is 9.10. The summed E-state index contributed by atoms with van der Waals surface area (Å²) in [5.74, 6) is 0. The molecule has 18 heavy (non-hydrogen) atoms. The molecule has 4 heteroatoms. The van der Waals surface area contributed by atoms with Crippen LogP contribution in [0.1, 0.15) is 11.6 Å². The predicted octanol–water partition coefficient (Wildman–Crippen LogP) is 1.96. The standard InChI is InChI=1S/C14H22BrN3/c1-17(2)14(11-6-4-5-7-12(11)15)13-10-16-8-9-18(13)3/h4-7,13-14,16H,8-10H2,1-3H3. The Kier molecular flexibility index (Phi) is 4.78. The molecule has 3 nitrogen and oxygen atoms in total. The van der Waals surface area contributed by atoms with Crippen LogP contribution in [0.2, 0.25) is 0 Å². The van der Waals surface area contributed by atoms with E-state index in [2.05, 4.69) is 76.5 Å². The van der Waals surface area contributed by atoms with Crippen molar-refractivity contribution in [2.45, 2.75) is 12.1 Å². The SMILES string of the molecule is CN(C)C(c1ccccc1Br)C1CNCCN1C. The zero-order chi connectivity index (χ0) is 13.1. The van der Waals surface area contributed by atoms with E-state index in [9.17, 15) is 0 Å². The van der Waals surface area contributed by atoms with Crippen molar-refractivity contribution in [1.82, 2.24) is 15.1 Å². The van der Waals surface area contributed by atoms with Crippen LogP contribution < -0.4 is 5.32 Å². The van der Waals surface area contributed by atoms with Gasteiger partial charge in [-0.05, 0) is 32.8 Å². The van der Waals surface area contributed by atoms with Crippen molar-refractivity contribution in [3.63, 3.8) is 0 Å². The number of halogens is 1. The minimum Gasteiger partial charge on any atom is -0.314 e. The highest BCUT2D eigenvalue weighted by atomic mass is 79.9. The molecule has 2 unspecified atom stereocenters. The fourth-order valence-corrected chi connectivity index (χ4v) is 3.24. The molecule has 0 aromatic heterocycles. The third-order valence-corrected chi connectivity index (χ3v) is 4.43. The van der Waals surface area contributed by atoms with Crippen molar-refractivity contribution in [3.8, 4) is 0 Å². The Hall–Kier alpha value is -0.420. The smallest absolute Gasteiger partial charge is 0.0521 e. The zero-order valence-electron chi connectivity index (χ0n) is 11.4. The zero-order valence-corrected chi connectivity index (χ0v) is 12.9. The molecule has 1 aliphatic rings. The second kappa shape index (κ2) is 6.15. The van der Waals surface area contributed by atoms with Gasteiger partial charge in [-0.15, -0.1) is 0 Å². The largest absolute Gasteiger partial charge is 0.314 e. The van der Waals surface area contributed by atoms with E-state index in [1.807, 2.05) is 0 Å². The fraction of sp³-hybridized carbons (Fsp3) is 0.571. The lowest BCUT2D eigenvalue weighted by atomic mass is 9.96.